The Labute approximate surface area is 141 Å². The number of aromatic nitrogens is 3. The molecule has 122 valence electrons. The maximum atomic E-state index is 5.66. The molecule has 1 unspecified atom stereocenters. The lowest BCUT2D eigenvalue weighted by Gasteiger charge is -2.36. The van der Waals surface area contributed by atoms with Gasteiger partial charge in [0, 0.05) is 29.9 Å². The summed E-state index contributed by atoms with van der Waals surface area (Å²) in [5.41, 5.74) is 1.90. The third-order valence-corrected chi connectivity index (χ3v) is 4.47. The van der Waals surface area contributed by atoms with E-state index in [4.69, 9.17) is 14.7 Å². The highest BCUT2D eigenvalue weighted by Gasteiger charge is 2.25. The zero-order valence-corrected chi connectivity index (χ0v) is 13.7. The minimum absolute atomic E-state index is 0.346. The Balaban J connectivity index is 1.89. The Morgan fingerprint density at radius 1 is 1.17 bits per heavy atom. The van der Waals surface area contributed by atoms with Gasteiger partial charge in [0.15, 0.2) is 5.82 Å². The summed E-state index contributed by atoms with van der Waals surface area (Å²) in [7, 11) is 0. The molecule has 0 spiro atoms. The molecule has 3 heterocycles. The van der Waals surface area contributed by atoms with E-state index >= 15 is 0 Å². The summed E-state index contributed by atoms with van der Waals surface area (Å²) in [6.07, 6.45) is 4.60. The van der Waals surface area contributed by atoms with Crippen LogP contribution in [0.25, 0.3) is 22.3 Å². The number of pyridine rings is 1. The number of morpholine rings is 1. The SMILES string of the molecule is CCC1COCCN1c1nc(-c2cccnc2)nc2ccccc12. The van der Waals surface area contributed by atoms with E-state index in [9.17, 15) is 0 Å². The molecular formula is C19H20N4O. The second kappa shape index (κ2) is 6.53. The van der Waals surface area contributed by atoms with Crippen molar-refractivity contribution in [2.45, 2.75) is 19.4 Å². The van der Waals surface area contributed by atoms with Gasteiger partial charge in [0.1, 0.15) is 5.82 Å². The molecule has 0 radical (unpaired) electrons. The zero-order valence-electron chi connectivity index (χ0n) is 13.7. The molecule has 1 saturated heterocycles. The predicted octanol–water partition coefficient (Wildman–Crippen LogP) is 3.31. The summed E-state index contributed by atoms with van der Waals surface area (Å²) in [6, 6.07) is 12.5. The zero-order chi connectivity index (χ0) is 16.4. The van der Waals surface area contributed by atoms with E-state index in [-0.39, 0.29) is 0 Å². The average molecular weight is 320 g/mol. The molecule has 5 heteroatoms. The van der Waals surface area contributed by atoms with Gasteiger partial charge >= 0.3 is 0 Å². The maximum Gasteiger partial charge on any atom is 0.163 e. The van der Waals surface area contributed by atoms with Crippen LogP contribution in [0.1, 0.15) is 13.3 Å². The van der Waals surface area contributed by atoms with Crippen LogP contribution in [0, 0.1) is 0 Å². The Morgan fingerprint density at radius 2 is 2.08 bits per heavy atom. The van der Waals surface area contributed by atoms with Gasteiger partial charge in [-0.2, -0.15) is 0 Å². The van der Waals surface area contributed by atoms with E-state index in [1.807, 2.05) is 36.5 Å². The predicted molar refractivity (Wildman–Crippen MR) is 95.0 cm³/mol. The van der Waals surface area contributed by atoms with E-state index in [2.05, 4.69) is 22.9 Å². The molecule has 4 rings (SSSR count). The van der Waals surface area contributed by atoms with Gasteiger partial charge in [-0.1, -0.05) is 19.1 Å². The van der Waals surface area contributed by atoms with Gasteiger partial charge in [-0.25, -0.2) is 9.97 Å². The van der Waals surface area contributed by atoms with Gasteiger partial charge < -0.3 is 9.64 Å². The first-order valence-electron chi connectivity index (χ1n) is 8.38. The van der Waals surface area contributed by atoms with Crippen molar-refractivity contribution in [1.82, 2.24) is 15.0 Å². The summed E-state index contributed by atoms with van der Waals surface area (Å²) in [4.78, 5) is 16.2. The highest BCUT2D eigenvalue weighted by Crippen LogP contribution is 2.30. The van der Waals surface area contributed by atoms with Crippen LogP contribution in [0.5, 0.6) is 0 Å². The maximum absolute atomic E-state index is 5.66. The van der Waals surface area contributed by atoms with Crippen molar-refractivity contribution >= 4 is 16.7 Å². The molecule has 0 amide bonds. The smallest absolute Gasteiger partial charge is 0.163 e. The lowest BCUT2D eigenvalue weighted by Crippen LogP contribution is -2.45. The number of rotatable bonds is 3. The largest absolute Gasteiger partial charge is 0.377 e. The number of nitrogens with zero attached hydrogens (tertiary/aromatic N) is 4. The van der Waals surface area contributed by atoms with Crippen molar-refractivity contribution in [2.24, 2.45) is 0 Å². The molecule has 1 atom stereocenters. The molecule has 2 aromatic heterocycles. The molecule has 24 heavy (non-hydrogen) atoms. The molecule has 0 aliphatic carbocycles. The second-order valence-corrected chi connectivity index (χ2v) is 5.96. The van der Waals surface area contributed by atoms with Crippen LogP contribution < -0.4 is 4.90 Å². The van der Waals surface area contributed by atoms with Crippen LogP contribution in [-0.2, 0) is 4.74 Å². The van der Waals surface area contributed by atoms with Gasteiger partial charge in [-0.3, -0.25) is 4.98 Å². The number of ether oxygens (including phenoxy) is 1. The summed E-state index contributed by atoms with van der Waals surface area (Å²) in [5.74, 6) is 1.72. The highest BCUT2D eigenvalue weighted by molar-refractivity contribution is 5.91. The molecule has 1 aliphatic heterocycles. The molecule has 0 bridgehead atoms. The number of para-hydroxylation sites is 1. The Morgan fingerprint density at radius 3 is 2.92 bits per heavy atom. The van der Waals surface area contributed by atoms with E-state index in [0.717, 1.165) is 54.3 Å². The average Bonchev–Trinajstić information content (AvgIpc) is 2.68. The number of benzene rings is 1. The number of fused-ring (bicyclic) bond motifs is 1. The molecule has 5 nitrogen and oxygen atoms in total. The van der Waals surface area contributed by atoms with Crippen LogP contribution in [0.3, 0.4) is 0 Å². The molecule has 0 saturated carbocycles. The molecule has 1 aliphatic rings. The normalized spacial score (nSPS) is 18.0. The standard InChI is InChI=1S/C19H20N4O/c1-2-15-13-24-11-10-23(15)19-16-7-3-4-8-17(16)21-18(22-19)14-6-5-9-20-12-14/h3-9,12,15H,2,10-11,13H2,1H3. The first-order valence-corrected chi connectivity index (χ1v) is 8.38. The lowest BCUT2D eigenvalue weighted by molar-refractivity contribution is 0.0927. The van der Waals surface area contributed by atoms with Crippen LogP contribution in [0.2, 0.25) is 0 Å². The van der Waals surface area contributed by atoms with Gasteiger partial charge in [0.25, 0.3) is 0 Å². The van der Waals surface area contributed by atoms with Crippen molar-refractivity contribution in [3.63, 3.8) is 0 Å². The van der Waals surface area contributed by atoms with Crippen LogP contribution in [0.4, 0.5) is 5.82 Å². The lowest BCUT2D eigenvalue weighted by atomic mass is 10.1. The fourth-order valence-corrected chi connectivity index (χ4v) is 3.17. The summed E-state index contributed by atoms with van der Waals surface area (Å²) < 4.78 is 5.66. The topological polar surface area (TPSA) is 51.1 Å². The van der Waals surface area contributed by atoms with Crippen molar-refractivity contribution < 1.29 is 4.74 Å². The fourth-order valence-electron chi connectivity index (χ4n) is 3.17. The van der Waals surface area contributed by atoms with Crippen molar-refractivity contribution in [1.29, 1.82) is 0 Å². The minimum atomic E-state index is 0.346. The number of hydrogen-bond donors (Lipinski definition) is 0. The first-order chi connectivity index (χ1) is 11.9. The van der Waals surface area contributed by atoms with Gasteiger partial charge in [-0.05, 0) is 30.7 Å². The summed E-state index contributed by atoms with van der Waals surface area (Å²) >= 11 is 0. The van der Waals surface area contributed by atoms with E-state index < -0.39 is 0 Å². The monoisotopic (exact) mass is 320 g/mol. The summed E-state index contributed by atoms with van der Waals surface area (Å²) in [6.45, 7) is 4.53. The fraction of sp³-hybridized carbons (Fsp3) is 0.316. The van der Waals surface area contributed by atoms with Crippen LogP contribution >= 0.6 is 0 Å². The first kappa shape index (κ1) is 15.0. The second-order valence-electron chi connectivity index (χ2n) is 5.96. The number of anilines is 1. The summed E-state index contributed by atoms with van der Waals surface area (Å²) in [5, 5.41) is 1.09. The Kier molecular flexibility index (Phi) is 4.09. The van der Waals surface area contributed by atoms with Gasteiger partial charge in [0.05, 0.1) is 24.8 Å². The number of hydrogen-bond acceptors (Lipinski definition) is 5. The quantitative estimate of drug-likeness (QED) is 0.741. The van der Waals surface area contributed by atoms with Crippen molar-refractivity contribution in [2.75, 3.05) is 24.7 Å². The highest BCUT2D eigenvalue weighted by atomic mass is 16.5. The Hall–Kier alpha value is -2.53. The molecular weight excluding hydrogens is 300 g/mol. The molecule has 1 aromatic carbocycles. The van der Waals surface area contributed by atoms with Crippen molar-refractivity contribution in [3.8, 4) is 11.4 Å². The molecule has 3 aromatic rings. The molecule has 0 N–H and O–H groups in total. The van der Waals surface area contributed by atoms with Crippen molar-refractivity contribution in [3.05, 3.63) is 48.8 Å². The molecule has 1 fully saturated rings. The minimum Gasteiger partial charge on any atom is -0.377 e. The van der Waals surface area contributed by atoms with E-state index in [1.54, 1.807) is 6.20 Å². The van der Waals surface area contributed by atoms with Gasteiger partial charge in [0.2, 0.25) is 0 Å². The van der Waals surface area contributed by atoms with Gasteiger partial charge in [-0.15, -0.1) is 0 Å². The van der Waals surface area contributed by atoms with Crippen LogP contribution in [0.15, 0.2) is 48.8 Å². The van der Waals surface area contributed by atoms with E-state index in [1.165, 1.54) is 0 Å². The van der Waals surface area contributed by atoms with Crippen LogP contribution in [-0.4, -0.2) is 40.8 Å². The third-order valence-electron chi connectivity index (χ3n) is 4.47. The van der Waals surface area contributed by atoms with E-state index in [0.29, 0.717) is 6.04 Å². The Bertz CT molecular complexity index is 837. The third kappa shape index (κ3) is 2.71.